The van der Waals surface area contributed by atoms with Crippen LogP contribution in [0.4, 0.5) is 0 Å². The fourth-order valence-corrected chi connectivity index (χ4v) is 2.14. The third-order valence-corrected chi connectivity index (χ3v) is 3.15. The van der Waals surface area contributed by atoms with E-state index in [9.17, 15) is 0 Å². The molecule has 2 aliphatic carbocycles. The van der Waals surface area contributed by atoms with Crippen molar-refractivity contribution in [3.05, 3.63) is 6.42 Å². The van der Waals surface area contributed by atoms with Gasteiger partial charge in [0.15, 0.2) is 0 Å². The van der Waals surface area contributed by atoms with Crippen molar-refractivity contribution in [1.82, 2.24) is 0 Å². The van der Waals surface area contributed by atoms with Crippen molar-refractivity contribution in [2.24, 2.45) is 11.8 Å². The smallest absolute Gasteiger partial charge is 0.0352 e. The zero-order valence-electron chi connectivity index (χ0n) is 7.39. The Morgan fingerprint density at radius 1 is 0.909 bits per heavy atom. The lowest BCUT2D eigenvalue weighted by Crippen LogP contribution is -2.06. The largest absolute Gasteiger partial charge is 0.0533 e. The van der Waals surface area contributed by atoms with E-state index in [2.05, 4.69) is 6.42 Å². The maximum absolute atomic E-state index is 2.59. The summed E-state index contributed by atoms with van der Waals surface area (Å²) in [6, 6.07) is 0. The maximum Gasteiger partial charge on any atom is -0.0352 e. The van der Waals surface area contributed by atoms with E-state index in [1.807, 2.05) is 0 Å². The van der Waals surface area contributed by atoms with Gasteiger partial charge in [-0.25, -0.2) is 0 Å². The van der Waals surface area contributed by atoms with Gasteiger partial charge in [0.25, 0.3) is 0 Å². The molecule has 0 unspecified atom stereocenters. The molecule has 0 aromatic rings. The molecule has 0 aromatic heterocycles. The predicted molar refractivity (Wildman–Crippen MR) is 48.2 cm³/mol. The standard InChI is InChI=1S/C11H19/c1-2-4-10(5-3-1)6-7-11-8-9-11/h7,10-11H,1-6,8-9H2. The molecule has 0 saturated heterocycles. The molecular weight excluding hydrogens is 132 g/mol. The topological polar surface area (TPSA) is 0 Å². The zero-order valence-corrected chi connectivity index (χ0v) is 7.39. The van der Waals surface area contributed by atoms with Crippen molar-refractivity contribution < 1.29 is 0 Å². The van der Waals surface area contributed by atoms with Crippen LogP contribution in [0.3, 0.4) is 0 Å². The van der Waals surface area contributed by atoms with Gasteiger partial charge in [0.05, 0.1) is 0 Å². The molecule has 2 saturated carbocycles. The molecule has 0 heteroatoms. The second-order valence-corrected chi connectivity index (χ2v) is 4.31. The van der Waals surface area contributed by atoms with Crippen LogP contribution in [0.5, 0.6) is 0 Å². The molecule has 11 heavy (non-hydrogen) atoms. The molecule has 0 atom stereocenters. The van der Waals surface area contributed by atoms with Crippen molar-refractivity contribution in [3.63, 3.8) is 0 Å². The molecule has 1 radical (unpaired) electrons. The third kappa shape index (κ3) is 2.50. The van der Waals surface area contributed by atoms with Crippen molar-refractivity contribution >= 4 is 0 Å². The highest BCUT2D eigenvalue weighted by Gasteiger charge is 2.23. The van der Waals surface area contributed by atoms with E-state index in [4.69, 9.17) is 0 Å². The summed E-state index contributed by atoms with van der Waals surface area (Å²) in [5.41, 5.74) is 0. The molecule has 2 rings (SSSR count). The summed E-state index contributed by atoms with van der Waals surface area (Å²) < 4.78 is 0. The van der Waals surface area contributed by atoms with Gasteiger partial charge in [0.2, 0.25) is 0 Å². The van der Waals surface area contributed by atoms with E-state index in [0.29, 0.717) is 0 Å². The number of hydrogen-bond acceptors (Lipinski definition) is 0. The highest BCUT2D eigenvalue weighted by molar-refractivity contribution is 4.88. The Balaban J connectivity index is 1.59. The van der Waals surface area contributed by atoms with E-state index < -0.39 is 0 Å². The molecule has 0 spiro atoms. The molecule has 0 aliphatic heterocycles. The SMILES string of the molecule is [CH](CC1CCCCC1)C1CC1. The number of rotatable bonds is 3. The van der Waals surface area contributed by atoms with Gasteiger partial charge in [-0.3, -0.25) is 0 Å². The van der Waals surface area contributed by atoms with E-state index >= 15 is 0 Å². The summed E-state index contributed by atoms with van der Waals surface area (Å²) in [5, 5.41) is 0. The van der Waals surface area contributed by atoms with Crippen LogP contribution in [0, 0.1) is 18.3 Å². The van der Waals surface area contributed by atoms with Gasteiger partial charge in [0, 0.05) is 0 Å². The number of hydrogen-bond donors (Lipinski definition) is 0. The second-order valence-electron chi connectivity index (χ2n) is 4.31. The first-order valence-electron chi connectivity index (χ1n) is 5.28. The summed E-state index contributed by atoms with van der Waals surface area (Å²) in [5.74, 6) is 2.11. The van der Waals surface area contributed by atoms with E-state index in [1.165, 1.54) is 51.4 Å². The molecule has 2 fully saturated rings. The summed E-state index contributed by atoms with van der Waals surface area (Å²) >= 11 is 0. The molecule has 0 amide bonds. The Labute approximate surface area is 70.4 Å². The van der Waals surface area contributed by atoms with Gasteiger partial charge < -0.3 is 0 Å². The molecular formula is C11H19. The molecule has 0 bridgehead atoms. The first-order chi connectivity index (χ1) is 5.45. The quantitative estimate of drug-likeness (QED) is 0.578. The van der Waals surface area contributed by atoms with Gasteiger partial charge >= 0.3 is 0 Å². The van der Waals surface area contributed by atoms with Crippen molar-refractivity contribution in [2.45, 2.75) is 51.4 Å². The van der Waals surface area contributed by atoms with Crippen LogP contribution >= 0.6 is 0 Å². The molecule has 2 aliphatic rings. The van der Waals surface area contributed by atoms with Crippen LogP contribution < -0.4 is 0 Å². The normalized spacial score (nSPS) is 27.3. The van der Waals surface area contributed by atoms with Crippen LogP contribution in [-0.4, -0.2) is 0 Å². The first kappa shape index (κ1) is 7.64. The van der Waals surface area contributed by atoms with Crippen LogP contribution in [0.1, 0.15) is 51.4 Å². The van der Waals surface area contributed by atoms with Crippen LogP contribution in [0.15, 0.2) is 0 Å². The van der Waals surface area contributed by atoms with Gasteiger partial charge in [-0.1, -0.05) is 32.1 Å². The summed E-state index contributed by atoms with van der Waals surface area (Å²) in [4.78, 5) is 0. The van der Waals surface area contributed by atoms with Crippen molar-refractivity contribution in [2.75, 3.05) is 0 Å². The molecule has 0 heterocycles. The Kier molecular flexibility index (Phi) is 2.50. The third-order valence-electron chi connectivity index (χ3n) is 3.15. The molecule has 63 valence electrons. The minimum absolute atomic E-state index is 1.04. The molecule has 0 N–H and O–H groups in total. The maximum atomic E-state index is 2.59. The van der Waals surface area contributed by atoms with E-state index in [-0.39, 0.29) is 0 Å². The predicted octanol–water partition coefficient (Wildman–Crippen LogP) is 3.57. The highest BCUT2D eigenvalue weighted by Crippen LogP contribution is 2.36. The van der Waals surface area contributed by atoms with Crippen LogP contribution in [0.25, 0.3) is 0 Å². The fourth-order valence-electron chi connectivity index (χ4n) is 2.14. The van der Waals surface area contributed by atoms with Crippen LogP contribution in [0.2, 0.25) is 0 Å². The van der Waals surface area contributed by atoms with Crippen molar-refractivity contribution in [3.8, 4) is 0 Å². The van der Waals surface area contributed by atoms with Gasteiger partial charge in [-0.15, -0.1) is 0 Å². The summed E-state index contributed by atoms with van der Waals surface area (Å²) in [6.07, 6.45) is 14.6. The Bertz CT molecular complexity index is 107. The molecule has 0 aromatic carbocycles. The minimum atomic E-state index is 1.04. The lowest BCUT2D eigenvalue weighted by atomic mass is 9.85. The van der Waals surface area contributed by atoms with Crippen LogP contribution in [-0.2, 0) is 0 Å². The minimum Gasteiger partial charge on any atom is -0.0533 e. The zero-order chi connectivity index (χ0) is 7.52. The van der Waals surface area contributed by atoms with Gasteiger partial charge in [-0.05, 0) is 37.5 Å². The van der Waals surface area contributed by atoms with Gasteiger partial charge in [0.1, 0.15) is 0 Å². The lowest BCUT2D eigenvalue weighted by molar-refractivity contribution is 0.350. The van der Waals surface area contributed by atoms with Crippen molar-refractivity contribution in [1.29, 1.82) is 0 Å². The Morgan fingerprint density at radius 2 is 1.64 bits per heavy atom. The summed E-state index contributed by atoms with van der Waals surface area (Å²) in [6.45, 7) is 0. The fraction of sp³-hybridized carbons (Fsp3) is 0.909. The van der Waals surface area contributed by atoms with Gasteiger partial charge in [-0.2, -0.15) is 0 Å². The summed E-state index contributed by atoms with van der Waals surface area (Å²) in [7, 11) is 0. The Morgan fingerprint density at radius 3 is 2.27 bits per heavy atom. The van der Waals surface area contributed by atoms with E-state index in [0.717, 1.165) is 11.8 Å². The average molecular weight is 151 g/mol. The average Bonchev–Trinajstić information content (AvgIpc) is 2.86. The van der Waals surface area contributed by atoms with E-state index in [1.54, 1.807) is 0 Å². The molecule has 0 nitrogen and oxygen atoms in total. The first-order valence-corrected chi connectivity index (χ1v) is 5.28. The highest BCUT2D eigenvalue weighted by atomic mass is 14.3. The lowest BCUT2D eigenvalue weighted by Gasteiger charge is -2.20. The second kappa shape index (κ2) is 3.60. The Hall–Kier alpha value is 0. The monoisotopic (exact) mass is 151 g/mol.